The summed E-state index contributed by atoms with van der Waals surface area (Å²) in [6.45, 7) is 6.77. The van der Waals surface area contributed by atoms with Crippen LogP contribution in [0.2, 0.25) is 0 Å². The molecule has 0 saturated carbocycles. The van der Waals surface area contributed by atoms with Crippen LogP contribution in [-0.4, -0.2) is 18.6 Å². The summed E-state index contributed by atoms with van der Waals surface area (Å²) in [7, 11) is 2.03. The first-order valence-electron chi connectivity index (χ1n) is 6.60. The maximum atomic E-state index is 5.36. The van der Waals surface area contributed by atoms with Crippen molar-refractivity contribution in [1.29, 1.82) is 0 Å². The van der Waals surface area contributed by atoms with Crippen molar-refractivity contribution in [3.8, 4) is 0 Å². The Morgan fingerprint density at radius 2 is 2.26 bits per heavy atom. The third-order valence-corrected chi connectivity index (χ3v) is 3.02. The monoisotopic (exact) mass is 259 g/mol. The van der Waals surface area contributed by atoms with Gasteiger partial charge in [-0.15, -0.1) is 0 Å². The molecule has 0 spiro atoms. The largest absolute Gasteiger partial charge is 0.467 e. The van der Waals surface area contributed by atoms with Crippen LogP contribution < -0.4 is 10.2 Å². The van der Waals surface area contributed by atoms with E-state index in [-0.39, 0.29) is 0 Å². The van der Waals surface area contributed by atoms with Crippen LogP contribution in [0.5, 0.6) is 0 Å². The fourth-order valence-corrected chi connectivity index (χ4v) is 2.10. The smallest absolute Gasteiger partial charge is 0.131 e. The highest BCUT2D eigenvalue weighted by Crippen LogP contribution is 2.18. The van der Waals surface area contributed by atoms with Crippen molar-refractivity contribution in [3.63, 3.8) is 0 Å². The number of aryl methyl sites for hydroxylation is 1. The fourth-order valence-electron chi connectivity index (χ4n) is 2.10. The van der Waals surface area contributed by atoms with E-state index in [1.165, 1.54) is 11.1 Å². The maximum absolute atomic E-state index is 5.36. The van der Waals surface area contributed by atoms with Crippen molar-refractivity contribution in [2.75, 3.05) is 18.5 Å². The van der Waals surface area contributed by atoms with E-state index in [1.807, 2.05) is 25.4 Å². The van der Waals surface area contributed by atoms with Crippen molar-refractivity contribution >= 4 is 5.82 Å². The van der Waals surface area contributed by atoms with Gasteiger partial charge in [0.2, 0.25) is 0 Å². The average Bonchev–Trinajstić information content (AvgIpc) is 2.89. The summed E-state index contributed by atoms with van der Waals surface area (Å²) < 4.78 is 5.36. The molecule has 2 rings (SSSR count). The summed E-state index contributed by atoms with van der Waals surface area (Å²) in [6, 6.07) is 6.07. The SMILES string of the molecule is CCNCc1cnc(N(C)Cc2ccco2)c(C)c1. The van der Waals surface area contributed by atoms with Gasteiger partial charge in [-0.25, -0.2) is 4.98 Å². The molecule has 2 aromatic heterocycles. The Morgan fingerprint density at radius 1 is 1.42 bits per heavy atom. The van der Waals surface area contributed by atoms with E-state index in [0.29, 0.717) is 0 Å². The Morgan fingerprint density at radius 3 is 2.89 bits per heavy atom. The van der Waals surface area contributed by atoms with Gasteiger partial charge in [-0.05, 0) is 42.8 Å². The molecule has 1 N–H and O–H groups in total. The molecule has 102 valence electrons. The molecular weight excluding hydrogens is 238 g/mol. The third kappa shape index (κ3) is 3.58. The first-order valence-corrected chi connectivity index (χ1v) is 6.60. The lowest BCUT2D eigenvalue weighted by Crippen LogP contribution is -2.19. The summed E-state index contributed by atoms with van der Waals surface area (Å²) in [5, 5.41) is 3.31. The van der Waals surface area contributed by atoms with Gasteiger partial charge < -0.3 is 14.6 Å². The van der Waals surface area contributed by atoms with Gasteiger partial charge in [0.1, 0.15) is 11.6 Å². The summed E-state index contributed by atoms with van der Waals surface area (Å²) in [5.74, 6) is 1.94. The molecule has 19 heavy (non-hydrogen) atoms. The highest BCUT2D eigenvalue weighted by molar-refractivity contribution is 5.46. The Kier molecular flexibility index (Phi) is 4.58. The molecule has 0 aromatic carbocycles. The van der Waals surface area contributed by atoms with Crippen LogP contribution in [0.3, 0.4) is 0 Å². The number of pyridine rings is 1. The van der Waals surface area contributed by atoms with Crippen molar-refractivity contribution in [1.82, 2.24) is 10.3 Å². The molecule has 0 aliphatic carbocycles. The van der Waals surface area contributed by atoms with Crippen molar-refractivity contribution in [2.24, 2.45) is 0 Å². The van der Waals surface area contributed by atoms with Gasteiger partial charge in [-0.3, -0.25) is 0 Å². The van der Waals surface area contributed by atoms with Crippen LogP contribution in [0.1, 0.15) is 23.8 Å². The van der Waals surface area contributed by atoms with Gasteiger partial charge in [0, 0.05) is 19.8 Å². The number of hydrogen-bond donors (Lipinski definition) is 1. The third-order valence-electron chi connectivity index (χ3n) is 3.02. The van der Waals surface area contributed by atoms with E-state index in [9.17, 15) is 0 Å². The zero-order chi connectivity index (χ0) is 13.7. The van der Waals surface area contributed by atoms with E-state index >= 15 is 0 Å². The summed E-state index contributed by atoms with van der Waals surface area (Å²) in [4.78, 5) is 6.66. The molecule has 2 aromatic rings. The van der Waals surface area contributed by atoms with Crippen LogP contribution in [-0.2, 0) is 13.1 Å². The van der Waals surface area contributed by atoms with Crippen LogP contribution in [0, 0.1) is 6.92 Å². The molecule has 0 saturated heterocycles. The lowest BCUT2D eigenvalue weighted by molar-refractivity contribution is 0.507. The average molecular weight is 259 g/mol. The summed E-state index contributed by atoms with van der Waals surface area (Å²) >= 11 is 0. The Balaban J connectivity index is 2.07. The highest BCUT2D eigenvalue weighted by atomic mass is 16.3. The summed E-state index contributed by atoms with van der Waals surface area (Å²) in [5.41, 5.74) is 2.40. The molecule has 2 heterocycles. The first-order chi connectivity index (χ1) is 9.20. The van der Waals surface area contributed by atoms with E-state index in [2.05, 4.69) is 35.1 Å². The number of nitrogens with one attached hydrogen (secondary N) is 1. The maximum Gasteiger partial charge on any atom is 0.131 e. The second-order valence-corrected chi connectivity index (χ2v) is 4.70. The van der Waals surface area contributed by atoms with Crippen LogP contribution in [0.4, 0.5) is 5.82 Å². The molecular formula is C15H21N3O. The molecule has 0 bridgehead atoms. The normalized spacial score (nSPS) is 10.7. The van der Waals surface area contributed by atoms with Crippen LogP contribution in [0.25, 0.3) is 0 Å². The van der Waals surface area contributed by atoms with Gasteiger partial charge in [-0.2, -0.15) is 0 Å². The van der Waals surface area contributed by atoms with Gasteiger partial charge in [0.05, 0.1) is 12.8 Å². The molecule has 0 amide bonds. The predicted octanol–water partition coefficient (Wildman–Crippen LogP) is 2.73. The minimum atomic E-state index is 0.730. The van der Waals surface area contributed by atoms with Gasteiger partial charge in [0.25, 0.3) is 0 Å². The molecule has 4 heteroatoms. The molecule has 0 aliphatic heterocycles. The molecule has 4 nitrogen and oxygen atoms in total. The molecule has 0 radical (unpaired) electrons. The molecule has 0 atom stereocenters. The van der Waals surface area contributed by atoms with Gasteiger partial charge in [-0.1, -0.05) is 6.92 Å². The van der Waals surface area contributed by atoms with E-state index in [4.69, 9.17) is 4.42 Å². The molecule has 0 fully saturated rings. The van der Waals surface area contributed by atoms with Crippen LogP contribution in [0.15, 0.2) is 35.1 Å². The number of nitrogens with zero attached hydrogens (tertiary/aromatic N) is 2. The number of anilines is 1. The molecule has 0 aliphatic rings. The lowest BCUT2D eigenvalue weighted by Gasteiger charge is -2.19. The van der Waals surface area contributed by atoms with E-state index in [0.717, 1.165) is 31.2 Å². The molecule has 0 unspecified atom stereocenters. The van der Waals surface area contributed by atoms with E-state index < -0.39 is 0 Å². The summed E-state index contributed by atoms with van der Waals surface area (Å²) in [6.07, 6.45) is 3.63. The standard InChI is InChI=1S/C15H21N3O/c1-4-16-9-13-8-12(2)15(17-10-13)18(3)11-14-6-5-7-19-14/h5-8,10,16H,4,9,11H2,1-3H3. The fraction of sp³-hybridized carbons (Fsp3) is 0.400. The topological polar surface area (TPSA) is 41.3 Å². The highest BCUT2D eigenvalue weighted by Gasteiger charge is 2.09. The number of furan rings is 1. The van der Waals surface area contributed by atoms with Crippen molar-refractivity contribution in [3.05, 3.63) is 47.5 Å². The van der Waals surface area contributed by atoms with Gasteiger partial charge in [0.15, 0.2) is 0 Å². The first kappa shape index (κ1) is 13.6. The zero-order valence-corrected chi connectivity index (χ0v) is 11.8. The number of aromatic nitrogens is 1. The Bertz CT molecular complexity index is 508. The lowest BCUT2D eigenvalue weighted by atomic mass is 10.2. The van der Waals surface area contributed by atoms with E-state index in [1.54, 1.807) is 6.26 Å². The minimum absolute atomic E-state index is 0.730. The van der Waals surface area contributed by atoms with Crippen molar-refractivity contribution in [2.45, 2.75) is 26.9 Å². The second-order valence-electron chi connectivity index (χ2n) is 4.70. The van der Waals surface area contributed by atoms with Crippen molar-refractivity contribution < 1.29 is 4.42 Å². The predicted molar refractivity (Wildman–Crippen MR) is 77.2 cm³/mol. The zero-order valence-electron chi connectivity index (χ0n) is 11.8. The Hall–Kier alpha value is -1.81. The Labute approximate surface area is 114 Å². The van der Waals surface area contributed by atoms with Crippen LogP contribution >= 0.6 is 0 Å². The number of rotatable bonds is 6. The second kappa shape index (κ2) is 6.38. The quantitative estimate of drug-likeness (QED) is 0.866. The number of hydrogen-bond acceptors (Lipinski definition) is 4. The van der Waals surface area contributed by atoms with Gasteiger partial charge >= 0.3 is 0 Å². The minimum Gasteiger partial charge on any atom is -0.467 e.